The van der Waals surface area contributed by atoms with E-state index in [9.17, 15) is 9.59 Å². The van der Waals surface area contributed by atoms with Crippen molar-refractivity contribution in [2.75, 3.05) is 11.4 Å². The average molecular weight is 291 g/mol. The molecule has 1 amide bonds. The maximum atomic E-state index is 11.4. The Morgan fingerprint density at radius 3 is 2.86 bits per heavy atom. The van der Waals surface area contributed by atoms with Crippen molar-refractivity contribution in [2.45, 2.75) is 45.1 Å². The molecular formula is C15H21N3O3. The minimum Gasteiger partial charge on any atom is -0.481 e. The Morgan fingerprint density at radius 1 is 1.43 bits per heavy atom. The highest BCUT2D eigenvalue weighted by Crippen LogP contribution is 2.27. The van der Waals surface area contributed by atoms with Crippen LogP contribution in [0.25, 0.3) is 0 Å². The highest BCUT2D eigenvalue weighted by molar-refractivity contribution is 5.93. The zero-order valence-electron chi connectivity index (χ0n) is 12.2. The van der Waals surface area contributed by atoms with Gasteiger partial charge in [-0.2, -0.15) is 0 Å². The van der Waals surface area contributed by atoms with Gasteiger partial charge in [0.25, 0.3) is 0 Å². The predicted molar refractivity (Wildman–Crippen MR) is 79.3 cm³/mol. The van der Waals surface area contributed by atoms with E-state index in [0.29, 0.717) is 12.0 Å². The summed E-state index contributed by atoms with van der Waals surface area (Å²) in [7, 11) is 0. The summed E-state index contributed by atoms with van der Waals surface area (Å²) in [6.07, 6.45) is 3.84. The summed E-state index contributed by atoms with van der Waals surface area (Å²) in [6.45, 7) is 2.66. The third-order valence-electron chi connectivity index (χ3n) is 3.84. The van der Waals surface area contributed by atoms with E-state index in [-0.39, 0.29) is 12.5 Å². The van der Waals surface area contributed by atoms with Crippen LogP contribution in [-0.4, -0.2) is 34.6 Å². The molecule has 6 nitrogen and oxygen atoms in total. The molecule has 0 radical (unpaired) electrons. The number of primary amides is 1. The lowest BCUT2D eigenvalue weighted by molar-refractivity contribution is -0.137. The van der Waals surface area contributed by atoms with E-state index >= 15 is 0 Å². The Hall–Kier alpha value is -2.11. The number of aliphatic carboxylic acids is 1. The number of amides is 1. The summed E-state index contributed by atoms with van der Waals surface area (Å²) in [4.78, 5) is 28.8. The number of carboxylic acid groups (broad SMARTS) is 1. The van der Waals surface area contributed by atoms with Gasteiger partial charge < -0.3 is 15.7 Å². The first-order valence-corrected chi connectivity index (χ1v) is 7.24. The topological polar surface area (TPSA) is 96.5 Å². The van der Waals surface area contributed by atoms with E-state index in [1.165, 1.54) is 0 Å². The number of rotatable bonds is 5. The van der Waals surface area contributed by atoms with Crippen LogP contribution in [0.3, 0.4) is 0 Å². The molecule has 1 aliphatic heterocycles. The van der Waals surface area contributed by atoms with Crippen LogP contribution in [0.15, 0.2) is 12.1 Å². The van der Waals surface area contributed by atoms with Crippen LogP contribution in [-0.2, 0) is 4.79 Å². The number of carbonyl (C=O) groups is 2. The molecule has 21 heavy (non-hydrogen) atoms. The van der Waals surface area contributed by atoms with Gasteiger partial charge >= 0.3 is 5.97 Å². The summed E-state index contributed by atoms with van der Waals surface area (Å²) in [5.74, 6) is -0.532. The van der Waals surface area contributed by atoms with Gasteiger partial charge in [-0.15, -0.1) is 0 Å². The van der Waals surface area contributed by atoms with Crippen LogP contribution in [0.1, 0.15) is 48.2 Å². The molecule has 0 bridgehead atoms. The zero-order chi connectivity index (χ0) is 15.4. The normalized spacial score (nSPS) is 18.5. The molecule has 1 aliphatic rings. The second-order valence-corrected chi connectivity index (χ2v) is 5.50. The molecule has 0 saturated carbocycles. The molecule has 1 atom stereocenters. The van der Waals surface area contributed by atoms with Gasteiger partial charge in [-0.3, -0.25) is 9.59 Å². The van der Waals surface area contributed by atoms with E-state index in [4.69, 9.17) is 10.8 Å². The molecule has 1 aromatic heterocycles. The Labute approximate surface area is 124 Å². The first-order chi connectivity index (χ1) is 9.97. The third-order valence-corrected chi connectivity index (χ3v) is 3.84. The molecular weight excluding hydrogens is 270 g/mol. The molecule has 2 rings (SSSR count). The first kappa shape index (κ1) is 15.3. The lowest BCUT2D eigenvalue weighted by Gasteiger charge is -2.37. The number of aryl methyl sites for hydroxylation is 1. The second-order valence-electron chi connectivity index (χ2n) is 5.50. The van der Waals surface area contributed by atoms with Crippen molar-refractivity contribution in [3.8, 4) is 0 Å². The van der Waals surface area contributed by atoms with E-state index in [2.05, 4.69) is 9.88 Å². The van der Waals surface area contributed by atoms with Crippen LogP contribution in [0.2, 0.25) is 0 Å². The van der Waals surface area contributed by atoms with Crippen LogP contribution in [0, 0.1) is 6.92 Å². The number of hydrogen-bond donors (Lipinski definition) is 2. The quantitative estimate of drug-likeness (QED) is 0.861. The van der Waals surface area contributed by atoms with Crippen molar-refractivity contribution in [2.24, 2.45) is 5.73 Å². The predicted octanol–water partition coefficient (Wildman–Crippen LogP) is 1.71. The number of pyridine rings is 1. The van der Waals surface area contributed by atoms with Gasteiger partial charge in [0.05, 0.1) is 0 Å². The first-order valence-electron chi connectivity index (χ1n) is 7.24. The number of anilines is 1. The molecule has 0 aromatic carbocycles. The molecule has 0 spiro atoms. The van der Waals surface area contributed by atoms with Crippen molar-refractivity contribution in [1.29, 1.82) is 0 Å². The molecule has 2 heterocycles. The number of carboxylic acids is 1. The standard InChI is InChI=1S/C15H21N3O3/c1-10-8-11(15(16)21)9-13(17-10)18-7-3-2-4-12(18)5-6-14(19)20/h8-9,12H,2-7H2,1H3,(H2,16,21)(H,19,20). The molecule has 6 heteroatoms. The van der Waals surface area contributed by atoms with Gasteiger partial charge in [0.2, 0.25) is 5.91 Å². The summed E-state index contributed by atoms with van der Waals surface area (Å²) in [6, 6.07) is 3.53. The third kappa shape index (κ3) is 3.93. The number of nitrogens with zero attached hydrogens (tertiary/aromatic N) is 2. The molecule has 114 valence electrons. The highest BCUT2D eigenvalue weighted by atomic mass is 16.4. The molecule has 0 aliphatic carbocycles. The largest absolute Gasteiger partial charge is 0.481 e. The molecule has 1 aromatic rings. The lowest BCUT2D eigenvalue weighted by Crippen LogP contribution is -2.40. The number of aromatic nitrogens is 1. The van der Waals surface area contributed by atoms with E-state index in [0.717, 1.165) is 37.3 Å². The Kier molecular flexibility index (Phi) is 4.77. The Morgan fingerprint density at radius 2 is 2.19 bits per heavy atom. The second kappa shape index (κ2) is 6.56. The summed E-state index contributed by atoms with van der Waals surface area (Å²) in [5.41, 5.74) is 6.54. The molecule has 3 N–H and O–H groups in total. The van der Waals surface area contributed by atoms with Gasteiger partial charge in [0.15, 0.2) is 0 Å². The van der Waals surface area contributed by atoms with Crippen molar-refractivity contribution < 1.29 is 14.7 Å². The number of carbonyl (C=O) groups excluding carboxylic acids is 1. The van der Waals surface area contributed by atoms with Crippen LogP contribution >= 0.6 is 0 Å². The molecule has 1 saturated heterocycles. The fraction of sp³-hybridized carbons (Fsp3) is 0.533. The van der Waals surface area contributed by atoms with E-state index in [1.54, 1.807) is 12.1 Å². The minimum absolute atomic E-state index is 0.148. The number of piperidine rings is 1. The van der Waals surface area contributed by atoms with Crippen LogP contribution in [0.4, 0.5) is 5.82 Å². The molecule has 1 fully saturated rings. The Balaban J connectivity index is 2.24. The van der Waals surface area contributed by atoms with Gasteiger partial charge in [0, 0.05) is 30.3 Å². The monoisotopic (exact) mass is 291 g/mol. The van der Waals surface area contributed by atoms with Crippen LogP contribution < -0.4 is 10.6 Å². The average Bonchev–Trinajstić information content (AvgIpc) is 2.44. The van der Waals surface area contributed by atoms with Gasteiger partial charge in [0.1, 0.15) is 5.82 Å². The summed E-state index contributed by atoms with van der Waals surface area (Å²) in [5, 5.41) is 8.87. The highest BCUT2D eigenvalue weighted by Gasteiger charge is 2.24. The summed E-state index contributed by atoms with van der Waals surface area (Å²) >= 11 is 0. The Bertz CT molecular complexity index is 545. The van der Waals surface area contributed by atoms with E-state index < -0.39 is 11.9 Å². The maximum Gasteiger partial charge on any atom is 0.303 e. The van der Waals surface area contributed by atoms with Crippen molar-refractivity contribution in [3.63, 3.8) is 0 Å². The van der Waals surface area contributed by atoms with Gasteiger partial charge in [-0.1, -0.05) is 0 Å². The van der Waals surface area contributed by atoms with Crippen LogP contribution in [0.5, 0.6) is 0 Å². The maximum absolute atomic E-state index is 11.4. The number of nitrogens with two attached hydrogens (primary N) is 1. The molecule has 1 unspecified atom stereocenters. The zero-order valence-corrected chi connectivity index (χ0v) is 12.2. The fourth-order valence-corrected chi connectivity index (χ4v) is 2.83. The lowest BCUT2D eigenvalue weighted by atomic mass is 9.97. The van der Waals surface area contributed by atoms with Crippen molar-refractivity contribution in [3.05, 3.63) is 23.4 Å². The van der Waals surface area contributed by atoms with Crippen molar-refractivity contribution >= 4 is 17.7 Å². The van der Waals surface area contributed by atoms with Crippen molar-refractivity contribution in [1.82, 2.24) is 4.98 Å². The van der Waals surface area contributed by atoms with Gasteiger partial charge in [-0.05, 0) is 44.7 Å². The SMILES string of the molecule is Cc1cc(C(N)=O)cc(N2CCCCC2CCC(=O)O)n1. The summed E-state index contributed by atoms with van der Waals surface area (Å²) < 4.78 is 0. The van der Waals surface area contributed by atoms with E-state index in [1.807, 2.05) is 6.92 Å². The fourth-order valence-electron chi connectivity index (χ4n) is 2.83. The van der Waals surface area contributed by atoms with Gasteiger partial charge in [-0.25, -0.2) is 4.98 Å². The smallest absolute Gasteiger partial charge is 0.303 e. The number of hydrogen-bond acceptors (Lipinski definition) is 4. The minimum atomic E-state index is -0.782.